The summed E-state index contributed by atoms with van der Waals surface area (Å²) in [5, 5.41) is 4.76. The van der Waals surface area contributed by atoms with Gasteiger partial charge in [0.1, 0.15) is 5.75 Å². The molecule has 0 aliphatic carbocycles. The summed E-state index contributed by atoms with van der Waals surface area (Å²) < 4.78 is 7.56. The predicted octanol–water partition coefficient (Wildman–Crippen LogP) is 2.99. The van der Waals surface area contributed by atoms with Gasteiger partial charge in [-0.25, -0.2) is 0 Å². The third kappa shape index (κ3) is 2.23. The van der Waals surface area contributed by atoms with Crippen LogP contribution >= 0.6 is 0 Å². The van der Waals surface area contributed by atoms with Crippen LogP contribution in [-0.4, -0.2) is 17.7 Å². The Morgan fingerprint density at radius 3 is 2.67 bits per heavy atom. The fourth-order valence-corrected chi connectivity index (χ4v) is 2.34. The van der Waals surface area contributed by atoms with Crippen LogP contribution < -0.4 is 10.1 Å². The molecule has 0 saturated carbocycles. The van der Waals surface area contributed by atoms with E-state index in [0.717, 1.165) is 12.3 Å². The topological polar surface area (TPSA) is 26.2 Å². The molecule has 0 aliphatic heterocycles. The Hall–Kier alpha value is -1.48. The van der Waals surface area contributed by atoms with E-state index in [-0.39, 0.29) is 0 Å². The van der Waals surface area contributed by atoms with Crippen molar-refractivity contribution in [2.24, 2.45) is 7.05 Å². The number of rotatable bonds is 4. The summed E-state index contributed by atoms with van der Waals surface area (Å²) in [6, 6.07) is 6.75. The molecule has 1 N–H and O–H groups in total. The Kier molecular flexibility index (Phi) is 3.62. The van der Waals surface area contributed by atoms with Crippen LogP contribution in [-0.2, 0) is 13.6 Å². The van der Waals surface area contributed by atoms with Crippen LogP contribution in [0.1, 0.15) is 25.1 Å². The van der Waals surface area contributed by atoms with Crippen LogP contribution in [0.2, 0.25) is 0 Å². The molecule has 1 aromatic heterocycles. The van der Waals surface area contributed by atoms with Crippen molar-refractivity contribution in [3.05, 3.63) is 29.5 Å². The van der Waals surface area contributed by atoms with Crippen LogP contribution in [0.15, 0.2) is 18.2 Å². The number of fused-ring (bicyclic) bond motifs is 1. The molecule has 98 valence electrons. The first-order valence-corrected chi connectivity index (χ1v) is 6.40. The maximum absolute atomic E-state index is 5.30. The molecule has 0 radical (unpaired) electrons. The van der Waals surface area contributed by atoms with Gasteiger partial charge >= 0.3 is 0 Å². The minimum Gasteiger partial charge on any atom is -0.497 e. The van der Waals surface area contributed by atoms with Crippen LogP contribution in [0, 0.1) is 6.92 Å². The maximum Gasteiger partial charge on any atom is 0.119 e. The van der Waals surface area contributed by atoms with Gasteiger partial charge in [-0.15, -0.1) is 0 Å². The Labute approximate surface area is 109 Å². The highest BCUT2D eigenvalue weighted by molar-refractivity contribution is 5.86. The average molecular weight is 246 g/mol. The zero-order valence-corrected chi connectivity index (χ0v) is 11.9. The number of aromatic nitrogens is 1. The third-order valence-electron chi connectivity index (χ3n) is 3.48. The van der Waals surface area contributed by atoms with E-state index >= 15 is 0 Å². The largest absolute Gasteiger partial charge is 0.497 e. The number of hydrogen-bond donors (Lipinski definition) is 1. The van der Waals surface area contributed by atoms with E-state index in [1.54, 1.807) is 7.11 Å². The molecule has 0 bridgehead atoms. The lowest BCUT2D eigenvalue weighted by atomic mass is 10.1. The van der Waals surface area contributed by atoms with Crippen molar-refractivity contribution in [2.75, 3.05) is 7.11 Å². The molecular weight excluding hydrogens is 224 g/mol. The molecule has 0 saturated heterocycles. The number of hydrogen-bond acceptors (Lipinski definition) is 2. The molecule has 0 atom stereocenters. The highest BCUT2D eigenvalue weighted by Crippen LogP contribution is 2.28. The van der Waals surface area contributed by atoms with Crippen molar-refractivity contribution in [3.63, 3.8) is 0 Å². The van der Waals surface area contributed by atoms with Gasteiger partial charge in [0.15, 0.2) is 0 Å². The lowest BCUT2D eigenvalue weighted by molar-refractivity contribution is 0.415. The van der Waals surface area contributed by atoms with E-state index in [1.165, 1.54) is 22.2 Å². The van der Waals surface area contributed by atoms with E-state index in [0.29, 0.717) is 6.04 Å². The second-order valence-electron chi connectivity index (χ2n) is 5.05. The average Bonchev–Trinajstić information content (AvgIpc) is 2.59. The zero-order valence-electron chi connectivity index (χ0n) is 11.9. The minimum absolute atomic E-state index is 0.497. The first-order chi connectivity index (χ1) is 8.54. The van der Waals surface area contributed by atoms with E-state index in [2.05, 4.69) is 49.8 Å². The number of nitrogens with one attached hydrogen (secondary N) is 1. The summed E-state index contributed by atoms with van der Waals surface area (Å²) in [7, 11) is 3.83. The molecule has 0 spiro atoms. The van der Waals surface area contributed by atoms with E-state index in [9.17, 15) is 0 Å². The predicted molar refractivity (Wildman–Crippen MR) is 76.2 cm³/mol. The highest BCUT2D eigenvalue weighted by atomic mass is 16.5. The smallest absolute Gasteiger partial charge is 0.119 e. The molecule has 2 aromatic rings. The molecule has 0 amide bonds. The lowest BCUT2D eigenvalue weighted by Gasteiger charge is -2.10. The highest BCUT2D eigenvalue weighted by Gasteiger charge is 2.12. The number of nitrogens with zero attached hydrogens (tertiary/aromatic N) is 1. The van der Waals surface area contributed by atoms with Gasteiger partial charge in [0.25, 0.3) is 0 Å². The van der Waals surface area contributed by atoms with Gasteiger partial charge in [0, 0.05) is 36.2 Å². The fourth-order valence-electron chi connectivity index (χ4n) is 2.34. The number of methoxy groups -OCH3 is 1. The summed E-state index contributed by atoms with van der Waals surface area (Å²) in [5.41, 5.74) is 3.93. The monoisotopic (exact) mass is 246 g/mol. The van der Waals surface area contributed by atoms with Crippen molar-refractivity contribution in [1.29, 1.82) is 0 Å². The second kappa shape index (κ2) is 5.02. The van der Waals surface area contributed by atoms with E-state index in [1.807, 2.05) is 6.07 Å². The molecule has 0 fully saturated rings. The van der Waals surface area contributed by atoms with Crippen molar-refractivity contribution in [3.8, 4) is 5.75 Å². The van der Waals surface area contributed by atoms with Crippen LogP contribution in [0.4, 0.5) is 0 Å². The zero-order chi connectivity index (χ0) is 13.3. The summed E-state index contributed by atoms with van der Waals surface area (Å²) in [4.78, 5) is 0. The number of ether oxygens (including phenoxy) is 1. The van der Waals surface area contributed by atoms with E-state index < -0.39 is 0 Å². The molecule has 1 aromatic carbocycles. The summed E-state index contributed by atoms with van der Waals surface area (Å²) in [6.07, 6.45) is 0. The van der Waals surface area contributed by atoms with Crippen LogP contribution in [0.25, 0.3) is 10.9 Å². The Morgan fingerprint density at radius 2 is 2.06 bits per heavy atom. The molecule has 0 unspecified atom stereocenters. The Bertz CT molecular complexity index is 555. The van der Waals surface area contributed by atoms with Gasteiger partial charge in [-0.2, -0.15) is 0 Å². The summed E-state index contributed by atoms with van der Waals surface area (Å²) in [5.74, 6) is 0.916. The molecule has 2 rings (SSSR count). The van der Waals surface area contributed by atoms with Gasteiger partial charge in [-0.05, 0) is 30.7 Å². The van der Waals surface area contributed by atoms with Crippen molar-refractivity contribution >= 4 is 10.9 Å². The first-order valence-electron chi connectivity index (χ1n) is 6.40. The summed E-state index contributed by atoms with van der Waals surface area (Å²) in [6.45, 7) is 7.41. The SMILES string of the molecule is COc1ccc2c(c1)c(C)c(CNC(C)C)n2C. The maximum atomic E-state index is 5.30. The molecule has 0 aliphatic rings. The van der Waals surface area contributed by atoms with Gasteiger partial charge in [0.2, 0.25) is 0 Å². The van der Waals surface area contributed by atoms with Gasteiger partial charge in [-0.3, -0.25) is 0 Å². The van der Waals surface area contributed by atoms with Gasteiger partial charge in [0.05, 0.1) is 7.11 Å². The van der Waals surface area contributed by atoms with Crippen molar-refractivity contribution in [1.82, 2.24) is 9.88 Å². The molecule has 3 nitrogen and oxygen atoms in total. The first kappa shape index (κ1) is 13.0. The third-order valence-corrected chi connectivity index (χ3v) is 3.48. The Balaban J connectivity index is 2.47. The quantitative estimate of drug-likeness (QED) is 0.897. The molecular formula is C15H22N2O. The van der Waals surface area contributed by atoms with Crippen molar-refractivity contribution in [2.45, 2.75) is 33.4 Å². The number of aryl methyl sites for hydroxylation is 2. The van der Waals surface area contributed by atoms with Crippen LogP contribution in [0.3, 0.4) is 0 Å². The minimum atomic E-state index is 0.497. The fraction of sp³-hybridized carbons (Fsp3) is 0.467. The van der Waals surface area contributed by atoms with E-state index in [4.69, 9.17) is 4.74 Å². The lowest BCUT2D eigenvalue weighted by Crippen LogP contribution is -2.23. The molecule has 1 heterocycles. The summed E-state index contributed by atoms with van der Waals surface area (Å²) >= 11 is 0. The van der Waals surface area contributed by atoms with Crippen molar-refractivity contribution < 1.29 is 4.74 Å². The molecule has 18 heavy (non-hydrogen) atoms. The normalized spacial score (nSPS) is 11.4. The second-order valence-corrected chi connectivity index (χ2v) is 5.05. The number of benzene rings is 1. The van der Waals surface area contributed by atoms with Gasteiger partial charge < -0.3 is 14.6 Å². The van der Waals surface area contributed by atoms with Gasteiger partial charge in [-0.1, -0.05) is 13.8 Å². The molecule has 3 heteroatoms. The van der Waals surface area contributed by atoms with Crippen LogP contribution in [0.5, 0.6) is 5.75 Å². The standard InChI is InChI=1S/C15H22N2O/c1-10(2)16-9-15-11(3)13-8-12(18-5)6-7-14(13)17(15)4/h6-8,10,16H,9H2,1-5H3. The Morgan fingerprint density at radius 1 is 1.33 bits per heavy atom.